The molecule has 27 heavy (non-hydrogen) atoms. The van der Waals surface area contributed by atoms with E-state index in [1.165, 1.54) is 0 Å². The van der Waals surface area contributed by atoms with Gasteiger partial charge < -0.3 is 20.3 Å². The summed E-state index contributed by atoms with van der Waals surface area (Å²) in [7, 11) is 4.08. The van der Waals surface area contributed by atoms with Crippen LogP contribution in [0.4, 0.5) is 11.4 Å². The van der Waals surface area contributed by atoms with Crippen molar-refractivity contribution in [1.82, 2.24) is 9.88 Å². The molecular weight excluding hydrogens is 344 g/mol. The summed E-state index contributed by atoms with van der Waals surface area (Å²) in [4.78, 5) is 30.3. The Morgan fingerprint density at radius 1 is 1.07 bits per heavy atom. The Bertz CT molecular complexity index is 743. The van der Waals surface area contributed by atoms with E-state index in [4.69, 9.17) is 4.74 Å². The van der Waals surface area contributed by atoms with Gasteiger partial charge in [0.25, 0.3) is 5.91 Å². The standard InChI is InChI=1S/C20H26N4O3/c1-4-27-20(26)15-6-8-16(9-7-15)23-19(25)18-11-10-17(14-22-18)21-12-5-13-24(2)3/h6-11,14,21H,4-5,12-13H2,1-3H3,(H,23,25). The van der Waals surface area contributed by atoms with E-state index in [0.29, 0.717) is 23.6 Å². The van der Waals surface area contributed by atoms with Crippen molar-refractivity contribution >= 4 is 23.3 Å². The molecule has 0 atom stereocenters. The Morgan fingerprint density at radius 3 is 2.37 bits per heavy atom. The second kappa shape index (κ2) is 10.3. The molecule has 2 aromatic rings. The summed E-state index contributed by atoms with van der Waals surface area (Å²) >= 11 is 0. The number of ether oxygens (including phenoxy) is 1. The average Bonchev–Trinajstić information content (AvgIpc) is 2.66. The van der Waals surface area contributed by atoms with Crippen molar-refractivity contribution in [2.24, 2.45) is 0 Å². The van der Waals surface area contributed by atoms with Crippen LogP contribution in [-0.4, -0.2) is 55.6 Å². The normalized spacial score (nSPS) is 10.5. The molecule has 1 amide bonds. The highest BCUT2D eigenvalue weighted by Gasteiger charge is 2.09. The molecule has 2 N–H and O–H groups in total. The van der Waals surface area contributed by atoms with E-state index in [2.05, 4.69) is 20.5 Å². The third-order valence-electron chi connectivity index (χ3n) is 3.76. The zero-order valence-electron chi connectivity index (χ0n) is 16.0. The van der Waals surface area contributed by atoms with Crippen molar-refractivity contribution in [3.8, 4) is 0 Å². The molecule has 0 aliphatic rings. The van der Waals surface area contributed by atoms with Gasteiger partial charge in [0.1, 0.15) is 5.69 Å². The molecule has 1 aromatic heterocycles. The number of hydrogen-bond donors (Lipinski definition) is 2. The second-order valence-electron chi connectivity index (χ2n) is 6.27. The molecule has 0 fully saturated rings. The topological polar surface area (TPSA) is 83.6 Å². The minimum Gasteiger partial charge on any atom is -0.462 e. The fraction of sp³-hybridized carbons (Fsp3) is 0.350. The molecule has 7 heteroatoms. The number of aromatic nitrogens is 1. The first-order valence-corrected chi connectivity index (χ1v) is 8.92. The molecule has 0 aliphatic heterocycles. The van der Waals surface area contributed by atoms with Gasteiger partial charge in [0, 0.05) is 12.2 Å². The van der Waals surface area contributed by atoms with Crippen LogP contribution in [0.1, 0.15) is 34.2 Å². The molecule has 2 rings (SSSR count). The lowest BCUT2D eigenvalue weighted by molar-refractivity contribution is 0.0526. The molecule has 7 nitrogen and oxygen atoms in total. The number of rotatable bonds is 9. The van der Waals surface area contributed by atoms with Gasteiger partial charge in [-0.1, -0.05) is 0 Å². The van der Waals surface area contributed by atoms with Crippen molar-refractivity contribution < 1.29 is 14.3 Å². The largest absolute Gasteiger partial charge is 0.462 e. The van der Waals surface area contributed by atoms with E-state index in [9.17, 15) is 9.59 Å². The number of nitrogens with zero attached hydrogens (tertiary/aromatic N) is 2. The first-order valence-electron chi connectivity index (χ1n) is 8.92. The van der Waals surface area contributed by atoms with Gasteiger partial charge in [0.05, 0.1) is 24.1 Å². The highest BCUT2D eigenvalue weighted by molar-refractivity contribution is 6.03. The number of anilines is 2. The summed E-state index contributed by atoms with van der Waals surface area (Å²) in [5.74, 6) is -0.691. The van der Waals surface area contributed by atoms with Crippen molar-refractivity contribution in [3.63, 3.8) is 0 Å². The SMILES string of the molecule is CCOC(=O)c1ccc(NC(=O)c2ccc(NCCCN(C)C)cn2)cc1. The third-order valence-corrected chi connectivity index (χ3v) is 3.76. The summed E-state index contributed by atoms with van der Waals surface area (Å²) in [6.45, 7) is 3.93. The van der Waals surface area contributed by atoms with Gasteiger partial charge in [0.15, 0.2) is 0 Å². The number of esters is 1. The number of amides is 1. The highest BCUT2D eigenvalue weighted by atomic mass is 16.5. The van der Waals surface area contributed by atoms with Crippen LogP contribution in [0, 0.1) is 0 Å². The molecule has 0 saturated carbocycles. The molecular formula is C20H26N4O3. The summed E-state index contributed by atoms with van der Waals surface area (Å²) in [5, 5.41) is 6.04. The lowest BCUT2D eigenvalue weighted by atomic mass is 10.2. The first kappa shape index (κ1) is 20.4. The van der Waals surface area contributed by atoms with Crippen LogP contribution in [0.5, 0.6) is 0 Å². The highest BCUT2D eigenvalue weighted by Crippen LogP contribution is 2.13. The summed E-state index contributed by atoms with van der Waals surface area (Å²) < 4.78 is 4.93. The fourth-order valence-electron chi connectivity index (χ4n) is 2.36. The minimum atomic E-state index is -0.384. The van der Waals surface area contributed by atoms with E-state index in [1.807, 2.05) is 20.2 Å². The summed E-state index contributed by atoms with van der Waals surface area (Å²) in [6.07, 6.45) is 2.67. The van der Waals surface area contributed by atoms with Crippen molar-refractivity contribution in [2.45, 2.75) is 13.3 Å². The molecule has 0 aliphatic carbocycles. The fourth-order valence-corrected chi connectivity index (χ4v) is 2.36. The first-order chi connectivity index (χ1) is 13.0. The molecule has 144 valence electrons. The van der Waals surface area contributed by atoms with Gasteiger partial charge in [-0.2, -0.15) is 0 Å². The molecule has 0 radical (unpaired) electrons. The van der Waals surface area contributed by atoms with Gasteiger partial charge in [-0.3, -0.25) is 4.79 Å². The molecule has 0 spiro atoms. The lowest BCUT2D eigenvalue weighted by Gasteiger charge is -2.11. The number of carbonyl (C=O) groups is 2. The van der Waals surface area contributed by atoms with E-state index in [1.54, 1.807) is 43.5 Å². The summed E-state index contributed by atoms with van der Waals surface area (Å²) in [5.41, 5.74) is 2.23. The van der Waals surface area contributed by atoms with Gasteiger partial charge >= 0.3 is 5.97 Å². The molecule has 1 aromatic carbocycles. The van der Waals surface area contributed by atoms with Crippen LogP contribution >= 0.6 is 0 Å². The monoisotopic (exact) mass is 370 g/mol. The molecule has 0 saturated heterocycles. The molecule has 0 unspecified atom stereocenters. The maximum Gasteiger partial charge on any atom is 0.338 e. The molecule has 0 bridgehead atoms. The Morgan fingerprint density at radius 2 is 1.78 bits per heavy atom. The quantitative estimate of drug-likeness (QED) is 0.522. The Hall–Kier alpha value is -2.93. The number of nitrogens with one attached hydrogen (secondary N) is 2. The smallest absolute Gasteiger partial charge is 0.338 e. The van der Waals surface area contributed by atoms with Gasteiger partial charge in [-0.25, -0.2) is 9.78 Å². The second-order valence-corrected chi connectivity index (χ2v) is 6.27. The van der Waals surface area contributed by atoms with Crippen LogP contribution in [0.15, 0.2) is 42.6 Å². The van der Waals surface area contributed by atoms with Gasteiger partial charge in [-0.15, -0.1) is 0 Å². The van der Waals surface area contributed by atoms with Crippen molar-refractivity contribution in [2.75, 3.05) is 44.4 Å². The predicted molar refractivity (Wildman–Crippen MR) is 106 cm³/mol. The van der Waals surface area contributed by atoms with Crippen molar-refractivity contribution in [1.29, 1.82) is 0 Å². The maximum absolute atomic E-state index is 12.3. The zero-order chi connectivity index (χ0) is 19.6. The van der Waals surface area contributed by atoms with E-state index < -0.39 is 0 Å². The number of hydrogen-bond acceptors (Lipinski definition) is 6. The van der Waals surface area contributed by atoms with E-state index in [-0.39, 0.29) is 11.9 Å². The maximum atomic E-state index is 12.3. The van der Waals surface area contributed by atoms with Crippen LogP contribution in [0.25, 0.3) is 0 Å². The Kier molecular flexibility index (Phi) is 7.76. The van der Waals surface area contributed by atoms with Crippen LogP contribution < -0.4 is 10.6 Å². The van der Waals surface area contributed by atoms with E-state index >= 15 is 0 Å². The average molecular weight is 370 g/mol. The molecule has 1 heterocycles. The van der Waals surface area contributed by atoms with Crippen LogP contribution in [0.2, 0.25) is 0 Å². The van der Waals surface area contributed by atoms with Crippen LogP contribution in [0.3, 0.4) is 0 Å². The van der Waals surface area contributed by atoms with E-state index in [0.717, 1.165) is 25.2 Å². The number of carbonyl (C=O) groups excluding carboxylic acids is 2. The van der Waals surface area contributed by atoms with Gasteiger partial charge in [-0.05, 0) is 70.4 Å². The lowest BCUT2D eigenvalue weighted by Crippen LogP contribution is -2.17. The van der Waals surface area contributed by atoms with Crippen molar-refractivity contribution in [3.05, 3.63) is 53.9 Å². The minimum absolute atomic E-state index is 0.307. The number of benzene rings is 1. The summed E-state index contributed by atoms with van der Waals surface area (Å²) in [6, 6.07) is 10.1. The zero-order valence-corrected chi connectivity index (χ0v) is 16.0. The van der Waals surface area contributed by atoms with Crippen LogP contribution in [-0.2, 0) is 4.74 Å². The van der Waals surface area contributed by atoms with Gasteiger partial charge in [0.2, 0.25) is 0 Å². The number of pyridine rings is 1. The third kappa shape index (κ3) is 6.71. The Balaban J connectivity index is 1.87. The predicted octanol–water partition coefficient (Wildman–Crippen LogP) is 2.87. The Labute approximate surface area is 159 Å².